The molecular weight excluding hydrogens is 402 g/mol. The van der Waals surface area contributed by atoms with E-state index in [1.165, 1.54) is 31.2 Å². The number of hydrogen-bond donors (Lipinski definition) is 0. The van der Waals surface area contributed by atoms with Crippen LogP contribution in [0, 0.1) is 11.3 Å². The summed E-state index contributed by atoms with van der Waals surface area (Å²) < 4.78 is 4.84. The van der Waals surface area contributed by atoms with Crippen molar-refractivity contribution in [2.45, 2.75) is 83.1 Å². The quantitative estimate of drug-likeness (QED) is 0.680. The topological polar surface area (TPSA) is 62.7 Å². The van der Waals surface area contributed by atoms with Crippen LogP contribution in [-0.4, -0.2) is 59.6 Å². The van der Waals surface area contributed by atoms with Gasteiger partial charge >= 0.3 is 6.09 Å². The van der Waals surface area contributed by atoms with Crippen molar-refractivity contribution in [1.82, 2.24) is 14.8 Å². The van der Waals surface area contributed by atoms with Gasteiger partial charge in [0, 0.05) is 49.4 Å². The first-order chi connectivity index (χ1) is 15.0. The van der Waals surface area contributed by atoms with Crippen LogP contribution in [0.4, 0.5) is 4.79 Å². The maximum absolute atomic E-state index is 13.0. The summed E-state index contributed by atoms with van der Waals surface area (Å²) >= 11 is 0. The van der Waals surface area contributed by atoms with Crippen LogP contribution in [0.15, 0.2) is 18.3 Å². The molecule has 4 rings (SSSR count). The molecule has 1 aliphatic heterocycles. The van der Waals surface area contributed by atoms with Crippen LogP contribution >= 0.6 is 0 Å². The molecule has 0 radical (unpaired) electrons. The Balaban J connectivity index is 1.27. The lowest BCUT2D eigenvalue weighted by Gasteiger charge is -2.54. The predicted octanol–water partition coefficient (Wildman–Crippen LogP) is 4.73. The van der Waals surface area contributed by atoms with Gasteiger partial charge in [-0.25, -0.2) is 4.79 Å². The summed E-state index contributed by atoms with van der Waals surface area (Å²) in [6.45, 7) is 10.5. The second-order valence-electron chi connectivity index (χ2n) is 11.8. The maximum atomic E-state index is 13.0. The van der Waals surface area contributed by atoms with Crippen LogP contribution in [0.1, 0.15) is 83.4 Å². The minimum Gasteiger partial charge on any atom is -0.453 e. The lowest BCUT2D eigenvalue weighted by atomic mass is 9.56. The van der Waals surface area contributed by atoms with Crippen molar-refractivity contribution in [2.75, 3.05) is 27.2 Å². The highest BCUT2D eigenvalue weighted by molar-refractivity contribution is 5.81. The van der Waals surface area contributed by atoms with E-state index in [0.29, 0.717) is 11.3 Å². The Kier molecular flexibility index (Phi) is 5.79. The largest absolute Gasteiger partial charge is 0.453 e. The Labute approximate surface area is 192 Å². The van der Waals surface area contributed by atoms with Crippen molar-refractivity contribution in [3.05, 3.63) is 29.6 Å². The Morgan fingerprint density at radius 1 is 1.16 bits per heavy atom. The van der Waals surface area contributed by atoms with E-state index in [-0.39, 0.29) is 28.9 Å². The first kappa shape index (κ1) is 23.1. The van der Waals surface area contributed by atoms with Gasteiger partial charge in [-0.15, -0.1) is 0 Å². The number of rotatable bonds is 3. The van der Waals surface area contributed by atoms with Gasteiger partial charge in [0.1, 0.15) is 0 Å². The van der Waals surface area contributed by atoms with Gasteiger partial charge in [-0.05, 0) is 74.0 Å². The fourth-order valence-corrected chi connectivity index (χ4v) is 6.01. The van der Waals surface area contributed by atoms with Gasteiger partial charge in [0.25, 0.3) is 0 Å². The van der Waals surface area contributed by atoms with Crippen LogP contribution in [0.3, 0.4) is 0 Å². The number of nitrogens with zero attached hydrogens (tertiary/aromatic N) is 3. The van der Waals surface area contributed by atoms with Crippen molar-refractivity contribution in [3.63, 3.8) is 0 Å². The standard InChI is InChI=1S/C26H39N3O3/c1-24(2,3)20-7-10-27-21(13-20)18-16-26(17-18)8-11-29(12-9-26)22(30)19-14-25(4,15-19)28(5)23(31)32-6/h7,10,13,18-19H,8-9,11-12,14-17H2,1-6H3. The van der Waals surface area contributed by atoms with E-state index < -0.39 is 0 Å². The molecule has 6 nitrogen and oxygen atoms in total. The summed E-state index contributed by atoms with van der Waals surface area (Å²) in [6, 6.07) is 4.44. The zero-order valence-electron chi connectivity index (χ0n) is 20.6. The average Bonchev–Trinajstić information content (AvgIpc) is 2.73. The second-order valence-corrected chi connectivity index (χ2v) is 11.8. The van der Waals surface area contributed by atoms with Crippen LogP contribution in [0.2, 0.25) is 0 Å². The van der Waals surface area contributed by atoms with Crippen LogP contribution < -0.4 is 0 Å². The van der Waals surface area contributed by atoms with Crippen LogP contribution in [-0.2, 0) is 14.9 Å². The minimum absolute atomic E-state index is 0.0274. The van der Waals surface area contributed by atoms with Gasteiger partial charge in [-0.1, -0.05) is 20.8 Å². The molecule has 2 saturated carbocycles. The lowest BCUT2D eigenvalue weighted by Crippen LogP contribution is -2.60. The molecule has 176 valence electrons. The maximum Gasteiger partial charge on any atom is 0.409 e. The number of aromatic nitrogens is 1. The lowest BCUT2D eigenvalue weighted by molar-refractivity contribution is -0.147. The molecule has 6 heteroatoms. The molecule has 3 fully saturated rings. The normalized spacial score (nSPS) is 27.4. The van der Waals surface area contributed by atoms with Crippen LogP contribution in [0.25, 0.3) is 0 Å². The molecule has 0 N–H and O–H groups in total. The molecule has 2 amide bonds. The molecule has 0 unspecified atom stereocenters. The molecule has 2 heterocycles. The van der Waals surface area contributed by atoms with Crippen molar-refractivity contribution in [3.8, 4) is 0 Å². The Morgan fingerprint density at radius 2 is 1.78 bits per heavy atom. The summed E-state index contributed by atoms with van der Waals surface area (Å²) in [7, 11) is 3.16. The number of hydrogen-bond acceptors (Lipinski definition) is 4. The molecule has 0 atom stereocenters. The van der Waals surface area contributed by atoms with Gasteiger partial charge in [-0.2, -0.15) is 0 Å². The highest BCUT2D eigenvalue weighted by Gasteiger charge is 2.51. The Morgan fingerprint density at radius 3 is 2.34 bits per heavy atom. The van der Waals surface area contributed by atoms with Crippen molar-refractivity contribution < 1.29 is 14.3 Å². The summed E-state index contributed by atoms with van der Waals surface area (Å²) in [4.78, 5) is 33.3. The monoisotopic (exact) mass is 441 g/mol. The van der Waals surface area contributed by atoms with Gasteiger partial charge in [-0.3, -0.25) is 9.78 Å². The number of amides is 2. The zero-order chi connectivity index (χ0) is 23.3. The predicted molar refractivity (Wildman–Crippen MR) is 124 cm³/mol. The van der Waals surface area contributed by atoms with E-state index in [0.717, 1.165) is 38.8 Å². The molecule has 2 aliphatic carbocycles. The van der Waals surface area contributed by atoms with E-state index >= 15 is 0 Å². The van der Waals surface area contributed by atoms with Gasteiger partial charge in [0.05, 0.1) is 7.11 Å². The molecule has 1 aromatic heterocycles. The number of piperidine rings is 1. The molecule has 1 saturated heterocycles. The zero-order valence-corrected chi connectivity index (χ0v) is 20.6. The van der Waals surface area contributed by atoms with E-state index in [1.54, 1.807) is 11.9 Å². The van der Waals surface area contributed by atoms with Gasteiger partial charge < -0.3 is 14.5 Å². The van der Waals surface area contributed by atoms with Crippen LogP contribution in [0.5, 0.6) is 0 Å². The molecule has 0 bridgehead atoms. The molecule has 1 spiro atoms. The molecule has 3 aliphatic rings. The summed E-state index contributed by atoms with van der Waals surface area (Å²) in [5.41, 5.74) is 2.85. The Bertz CT molecular complexity index is 869. The molecule has 0 aromatic carbocycles. The minimum atomic E-state index is -0.333. The smallest absolute Gasteiger partial charge is 0.409 e. The Hall–Kier alpha value is -2.11. The molecule has 1 aromatic rings. The van der Waals surface area contributed by atoms with E-state index in [4.69, 9.17) is 4.74 Å². The summed E-state index contributed by atoms with van der Waals surface area (Å²) in [5.74, 6) is 0.853. The van der Waals surface area contributed by atoms with E-state index in [9.17, 15) is 9.59 Å². The summed E-state index contributed by atoms with van der Waals surface area (Å²) in [5, 5.41) is 0. The first-order valence-corrected chi connectivity index (χ1v) is 12.0. The number of pyridine rings is 1. The second kappa shape index (κ2) is 8.03. The molecule has 32 heavy (non-hydrogen) atoms. The molecular formula is C26H39N3O3. The van der Waals surface area contributed by atoms with Crippen molar-refractivity contribution in [2.24, 2.45) is 11.3 Å². The fraction of sp³-hybridized carbons (Fsp3) is 0.731. The fourth-order valence-electron chi connectivity index (χ4n) is 6.01. The highest BCUT2D eigenvalue weighted by atomic mass is 16.5. The number of methoxy groups -OCH3 is 1. The highest BCUT2D eigenvalue weighted by Crippen LogP contribution is 2.56. The average molecular weight is 442 g/mol. The third kappa shape index (κ3) is 4.13. The number of ether oxygens (including phenoxy) is 1. The third-order valence-corrected chi connectivity index (χ3v) is 8.54. The van der Waals surface area contributed by atoms with E-state index in [2.05, 4.69) is 42.8 Å². The van der Waals surface area contributed by atoms with Crippen molar-refractivity contribution >= 4 is 12.0 Å². The first-order valence-electron chi connectivity index (χ1n) is 12.0. The van der Waals surface area contributed by atoms with Gasteiger partial charge in [0.2, 0.25) is 5.91 Å². The van der Waals surface area contributed by atoms with Crippen molar-refractivity contribution in [1.29, 1.82) is 0 Å². The van der Waals surface area contributed by atoms with Gasteiger partial charge in [0.15, 0.2) is 0 Å². The number of likely N-dealkylation sites (tertiary alicyclic amines) is 1. The van der Waals surface area contributed by atoms with E-state index in [1.807, 2.05) is 13.1 Å². The third-order valence-electron chi connectivity index (χ3n) is 8.54. The number of carbonyl (C=O) groups excluding carboxylic acids is 2. The number of carbonyl (C=O) groups is 2. The summed E-state index contributed by atoms with van der Waals surface area (Å²) in [6.07, 6.45) is 7.66. The SMILES string of the molecule is COC(=O)N(C)C1(C)CC(C(=O)N2CCC3(CC2)CC(c2cc(C(C)(C)C)ccn2)C3)C1.